The first-order valence-corrected chi connectivity index (χ1v) is 6.31. The van der Waals surface area contributed by atoms with Crippen molar-refractivity contribution in [3.05, 3.63) is 39.7 Å². The maximum Gasteiger partial charge on any atom is 0.224 e. The van der Waals surface area contributed by atoms with Crippen LogP contribution in [0.2, 0.25) is 0 Å². The van der Waals surface area contributed by atoms with Crippen molar-refractivity contribution in [3.8, 4) is 11.6 Å². The maximum absolute atomic E-state index is 5.69. The summed E-state index contributed by atoms with van der Waals surface area (Å²) in [5.41, 5.74) is 5.69. The van der Waals surface area contributed by atoms with Crippen LogP contribution in [0.1, 0.15) is 5.82 Å². The van der Waals surface area contributed by atoms with E-state index < -0.39 is 0 Å². The predicted octanol–water partition coefficient (Wildman–Crippen LogP) is 2.60. The van der Waals surface area contributed by atoms with Gasteiger partial charge in [-0.2, -0.15) is 4.98 Å². The SMILES string of the molecule is COCc1nc(N)cc(Oc2cccc(I)c2)n1. The standard InChI is InChI=1S/C12H12IN3O2/c1-17-7-11-15-10(14)6-12(16-11)18-9-4-2-3-8(13)5-9/h2-6H,7H2,1H3,(H2,14,15,16). The van der Waals surface area contributed by atoms with E-state index >= 15 is 0 Å². The van der Waals surface area contributed by atoms with Crippen molar-refractivity contribution in [1.29, 1.82) is 0 Å². The normalized spacial score (nSPS) is 10.3. The topological polar surface area (TPSA) is 70.3 Å². The molecule has 1 heterocycles. The number of hydrogen-bond donors (Lipinski definition) is 1. The maximum atomic E-state index is 5.69. The van der Waals surface area contributed by atoms with Gasteiger partial charge in [0.25, 0.3) is 0 Å². The number of hydrogen-bond acceptors (Lipinski definition) is 5. The molecule has 6 heteroatoms. The number of nitrogen functional groups attached to an aromatic ring is 1. The Balaban J connectivity index is 2.23. The lowest BCUT2D eigenvalue weighted by Crippen LogP contribution is -2.02. The number of nitrogens with two attached hydrogens (primary N) is 1. The summed E-state index contributed by atoms with van der Waals surface area (Å²) in [6.07, 6.45) is 0. The van der Waals surface area contributed by atoms with Gasteiger partial charge >= 0.3 is 0 Å². The average molecular weight is 357 g/mol. The zero-order valence-electron chi connectivity index (χ0n) is 9.76. The quantitative estimate of drug-likeness (QED) is 0.852. The fourth-order valence-electron chi connectivity index (χ4n) is 1.39. The number of ether oxygens (including phenoxy) is 2. The number of nitrogens with zero attached hydrogens (tertiary/aromatic N) is 2. The van der Waals surface area contributed by atoms with E-state index in [-0.39, 0.29) is 0 Å². The van der Waals surface area contributed by atoms with E-state index in [1.165, 1.54) is 0 Å². The predicted molar refractivity (Wildman–Crippen MR) is 76.4 cm³/mol. The Labute approximate surface area is 118 Å². The molecule has 0 spiro atoms. The first-order chi connectivity index (χ1) is 8.67. The van der Waals surface area contributed by atoms with E-state index in [0.29, 0.717) is 29.9 Å². The van der Waals surface area contributed by atoms with E-state index in [9.17, 15) is 0 Å². The highest BCUT2D eigenvalue weighted by Crippen LogP contribution is 2.22. The van der Waals surface area contributed by atoms with Gasteiger partial charge in [0.2, 0.25) is 5.88 Å². The van der Waals surface area contributed by atoms with Crippen LogP contribution in [0.15, 0.2) is 30.3 Å². The Hall–Kier alpha value is -1.41. The van der Waals surface area contributed by atoms with Gasteiger partial charge in [0.15, 0.2) is 5.82 Å². The van der Waals surface area contributed by atoms with Gasteiger partial charge < -0.3 is 15.2 Å². The molecule has 2 rings (SSSR count). The monoisotopic (exact) mass is 357 g/mol. The van der Waals surface area contributed by atoms with Crippen LogP contribution in [0.5, 0.6) is 11.6 Å². The van der Waals surface area contributed by atoms with Crippen LogP contribution >= 0.6 is 22.6 Å². The highest BCUT2D eigenvalue weighted by atomic mass is 127. The summed E-state index contributed by atoms with van der Waals surface area (Å²) in [4.78, 5) is 8.25. The summed E-state index contributed by atoms with van der Waals surface area (Å²) in [5.74, 6) is 1.98. The lowest BCUT2D eigenvalue weighted by atomic mass is 10.3. The van der Waals surface area contributed by atoms with Gasteiger partial charge in [-0.05, 0) is 40.8 Å². The van der Waals surface area contributed by atoms with E-state index in [1.54, 1.807) is 13.2 Å². The average Bonchev–Trinajstić information content (AvgIpc) is 2.28. The van der Waals surface area contributed by atoms with Crippen molar-refractivity contribution in [2.24, 2.45) is 0 Å². The Morgan fingerprint density at radius 3 is 2.83 bits per heavy atom. The fraction of sp³-hybridized carbons (Fsp3) is 0.167. The number of aromatic nitrogens is 2. The second-order valence-electron chi connectivity index (χ2n) is 3.54. The van der Waals surface area contributed by atoms with E-state index in [1.807, 2.05) is 24.3 Å². The Kier molecular flexibility index (Phi) is 4.32. The number of benzene rings is 1. The lowest BCUT2D eigenvalue weighted by Gasteiger charge is -2.07. The minimum atomic E-state index is 0.299. The molecule has 0 atom stereocenters. The molecule has 0 saturated heterocycles. The van der Waals surface area contributed by atoms with Gasteiger partial charge in [0, 0.05) is 16.7 Å². The molecule has 94 valence electrons. The zero-order chi connectivity index (χ0) is 13.0. The third-order valence-corrected chi connectivity index (χ3v) is 2.73. The Morgan fingerprint density at radius 1 is 1.28 bits per heavy atom. The van der Waals surface area contributed by atoms with Gasteiger partial charge in [-0.3, -0.25) is 0 Å². The lowest BCUT2D eigenvalue weighted by molar-refractivity contribution is 0.177. The molecule has 0 fully saturated rings. The summed E-state index contributed by atoms with van der Waals surface area (Å²) in [5, 5.41) is 0. The van der Waals surface area contributed by atoms with Crippen LogP contribution in [0, 0.1) is 3.57 Å². The van der Waals surface area contributed by atoms with Crippen molar-refractivity contribution in [3.63, 3.8) is 0 Å². The highest BCUT2D eigenvalue weighted by molar-refractivity contribution is 14.1. The molecular formula is C12H12IN3O2. The Morgan fingerprint density at radius 2 is 2.11 bits per heavy atom. The van der Waals surface area contributed by atoms with Crippen molar-refractivity contribution in [2.75, 3.05) is 12.8 Å². The van der Waals surface area contributed by atoms with Crippen LogP contribution in [0.3, 0.4) is 0 Å². The molecule has 1 aromatic carbocycles. The molecule has 1 aromatic heterocycles. The number of rotatable bonds is 4. The van der Waals surface area contributed by atoms with Gasteiger partial charge in [-0.15, -0.1) is 0 Å². The van der Waals surface area contributed by atoms with Crippen LogP contribution < -0.4 is 10.5 Å². The number of methoxy groups -OCH3 is 1. The molecule has 0 amide bonds. The van der Waals surface area contributed by atoms with Crippen molar-refractivity contribution >= 4 is 28.4 Å². The van der Waals surface area contributed by atoms with Crippen LogP contribution in [0.4, 0.5) is 5.82 Å². The highest BCUT2D eigenvalue weighted by Gasteiger charge is 2.05. The zero-order valence-corrected chi connectivity index (χ0v) is 11.9. The molecule has 5 nitrogen and oxygen atoms in total. The van der Waals surface area contributed by atoms with Crippen molar-refractivity contribution in [1.82, 2.24) is 9.97 Å². The fourth-order valence-corrected chi connectivity index (χ4v) is 1.90. The minimum absolute atomic E-state index is 0.299. The van der Waals surface area contributed by atoms with Crippen molar-refractivity contribution < 1.29 is 9.47 Å². The molecule has 0 radical (unpaired) electrons. The second kappa shape index (κ2) is 5.96. The molecule has 2 N–H and O–H groups in total. The van der Waals surface area contributed by atoms with E-state index in [2.05, 4.69) is 32.6 Å². The molecule has 0 aliphatic carbocycles. The minimum Gasteiger partial charge on any atom is -0.439 e. The van der Waals surface area contributed by atoms with Gasteiger partial charge in [0.05, 0.1) is 0 Å². The second-order valence-corrected chi connectivity index (χ2v) is 4.79. The summed E-state index contributed by atoms with van der Waals surface area (Å²) in [7, 11) is 1.58. The van der Waals surface area contributed by atoms with Crippen molar-refractivity contribution in [2.45, 2.75) is 6.61 Å². The summed E-state index contributed by atoms with van der Waals surface area (Å²) in [6, 6.07) is 9.25. The third-order valence-electron chi connectivity index (χ3n) is 2.06. The van der Waals surface area contributed by atoms with Gasteiger partial charge in [-0.25, -0.2) is 4.98 Å². The number of anilines is 1. The van der Waals surface area contributed by atoms with E-state index in [4.69, 9.17) is 15.2 Å². The summed E-state index contributed by atoms with van der Waals surface area (Å²) in [6.45, 7) is 0.299. The number of halogens is 1. The Bertz CT molecular complexity index is 549. The molecule has 0 aliphatic heterocycles. The smallest absolute Gasteiger partial charge is 0.224 e. The summed E-state index contributed by atoms with van der Waals surface area (Å²) < 4.78 is 11.7. The molecule has 18 heavy (non-hydrogen) atoms. The molecule has 2 aromatic rings. The van der Waals surface area contributed by atoms with Crippen LogP contribution in [-0.4, -0.2) is 17.1 Å². The molecule has 0 saturated carbocycles. The summed E-state index contributed by atoms with van der Waals surface area (Å²) >= 11 is 2.22. The largest absolute Gasteiger partial charge is 0.439 e. The van der Waals surface area contributed by atoms with E-state index in [0.717, 1.165) is 3.57 Å². The molecule has 0 bridgehead atoms. The molecular weight excluding hydrogens is 345 g/mol. The molecule has 0 unspecified atom stereocenters. The van der Waals surface area contributed by atoms with Gasteiger partial charge in [0.1, 0.15) is 18.2 Å². The first kappa shape index (κ1) is 13.0. The molecule has 0 aliphatic rings. The first-order valence-electron chi connectivity index (χ1n) is 5.23. The van der Waals surface area contributed by atoms with Crippen LogP contribution in [0.25, 0.3) is 0 Å². The van der Waals surface area contributed by atoms with Crippen LogP contribution in [-0.2, 0) is 11.3 Å². The van der Waals surface area contributed by atoms with Gasteiger partial charge in [-0.1, -0.05) is 6.07 Å². The third kappa shape index (κ3) is 3.54.